The first-order valence-corrected chi connectivity index (χ1v) is 5.89. The first kappa shape index (κ1) is 12.6. The lowest BCUT2D eigenvalue weighted by Crippen LogP contribution is -2.39. The van der Waals surface area contributed by atoms with Crippen LogP contribution in [0.15, 0.2) is 24.3 Å². The molecule has 2 N–H and O–H groups in total. The average molecular weight is 249 g/mol. The number of carboxylic acids is 1. The molecule has 18 heavy (non-hydrogen) atoms. The topological polar surface area (TPSA) is 75.6 Å². The Morgan fingerprint density at radius 2 is 1.78 bits per heavy atom. The van der Waals surface area contributed by atoms with Gasteiger partial charge in [-0.25, -0.2) is 4.79 Å². The number of ether oxygens (including phenoxy) is 1. The first-order valence-electron chi connectivity index (χ1n) is 5.89. The first-order chi connectivity index (χ1) is 8.68. The molecule has 0 spiro atoms. The molecule has 0 unspecified atom stereocenters. The second-order valence-corrected chi connectivity index (χ2v) is 4.21. The predicted octanol–water partition coefficient (Wildman–Crippen LogP) is 1.29. The third kappa shape index (κ3) is 2.87. The molecule has 1 aromatic carbocycles. The van der Waals surface area contributed by atoms with Crippen molar-refractivity contribution in [3.8, 4) is 0 Å². The van der Waals surface area contributed by atoms with Crippen molar-refractivity contribution in [2.24, 2.45) is 0 Å². The van der Waals surface area contributed by atoms with E-state index in [1.807, 2.05) is 0 Å². The van der Waals surface area contributed by atoms with Gasteiger partial charge in [-0.15, -0.1) is 0 Å². The molecule has 1 aromatic rings. The molecule has 96 valence electrons. The number of carboxylic acid groups (broad SMARTS) is 1. The molecule has 1 saturated heterocycles. The number of benzene rings is 1. The molecule has 1 heterocycles. The molecule has 1 aliphatic heterocycles. The molecular formula is C13H15NO4. The van der Waals surface area contributed by atoms with Gasteiger partial charge < -0.3 is 15.2 Å². The molecule has 0 radical (unpaired) electrons. The second kappa shape index (κ2) is 5.64. The Morgan fingerprint density at radius 1 is 1.17 bits per heavy atom. The van der Waals surface area contributed by atoms with Crippen LogP contribution < -0.4 is 5.32 Å². The number of amides is 1. The summed E-state index contributed by atoms with van der Waals surface area (Å²) < 4.78 is 5.20. The summed E-state index contributed by atoms with van der Waals surface area (Å²) in [4.78, 5) is 23.0. The zero-order valence-electron chi connectivity index (χ0n) is 9.89. The summed E-state index contributed by atoms with van der Waals surface area (Å²) in [5.74, 6) is -1.42. The van der Waals surface area contributed by atoms with Gasteiger partial charge >= 0.3 is 5.97 Å². The smallest absolute Gasteiger partial charge is 0.336 e. The lowest BCUT2D eigenvalue weighted by atomic mass is 10.0. The highest BCUT2D eigenvalue weighted by atomic mass is 16.5. The van der Waals surface area contributed by atoms with Gasteiger partial charge in [0.25, 0.3) is 5.91 Å². The van der Waals surface area contributed by atoms with Crippen molar-refractivity contribution in [2.45, 2.75) is 18.9 Å². The van der Waals surface area contributed by atoms with Crippen LogP contribution in [-0.4, -0.2) is 36.2 Å². The van der Waals surface area contributed by atoms with E-state index in [4.69, 9.17) is 9.84 Å². The lowest BCUT2D eigenvalue weighted by molar-refractivity contribution is 0.0666. The third-order valence-electron chi connectivity index (χ3n) is 2.96. The summed E-state index contributed by atoms with van der Waals surface area (Å²) in [5, 5.41) is 11.9. The lowest BCUT2D eigenvalue weighted by Gasteiger charge is -2.23. The van der Waals surface area contributed by atoms with Gasteiger partial charge in [0.2, 0.25) is 0 Å². The van der Waals surface area contributed by atoms with Crippen LogP contribution in [0.5, 0.6) is 0 Å². The number of hydrogen-bond acceptors (Lipinski definition) is 3. The summed E-state index contributed by atoms with van der Waals surface area (Å²) in [5.41, 5.74) is 0.235. The van der Waals surface area contributed by atoms with Crippen LogP contribution in [0.25, 0.3) is 0 Å². The van der Waals surface area contributed by atoms with Crippen molar-refractivity contribution in [2.75, 3.05) is 13.2 Å². The van der Waals surface area contributed by atoms with E-state index in [9.17, 15) is 9.59 Å². The van der Waals surface area contributed by atoms with E-state index in [2.05, 4.69) is 5.32 Å². The molecule has 0 atom stereocenters. The van der Waals surface area contributed by atoms with Crippen molar-refractivity contribution in [1.29, 1.82) is 0 Å². The Hall–Kier alpha value is -1.88. The zero-order chi connectivity index (χ0) is 13.0. The van der Waals surface area contributed by atoms with Gasteiger partial charge in [0.15, 0.2) is 0 Å². The van der Waals surface area contributed by atoms with E-state index in [-0.39, 0.29) is 23.1 Å². The van der Waals surface area contributed by atoms with Crippen LogP contribution in [0.3, 0.4) is 0 Å². The Labute approximate surface area is 105 Å². The molecular weight excluding hydrogens is 234 g/mol. The van der Waals surface area contributed by atoms with Gasteiger partial charge in [-0.2, -0.15) is 0 Å². The predicted molar refractivity (Wildman–Crippen MR) is 64.7 cm³/mol. The molecule has 0 bridgehead atoms. The van der Waals surface area contributed by atoms with Gasteiger partial charge in [0.05, 0.1) is 11.1 Å². The Bertz CT molecular complexity index is 452. The number of nitrogens with one attached hydrogen (secondary N) is 1. The number of carbonyl (C=O) groups excluding carboxylic acids is 1. The van der Waals surface area contributed by atoms with Crippen molar-refractivity contribution in [1.82, 2.24) is 5.32 Å². The van der Waals surface area contributed by atoms with Crippen molar-refractivity contribution in [3.05, 3.63) is 35.4 Å². The molecule has 1 fully saturated rings. The summed E-state index contributed by atoms with van der Waals surface area (Å²) in [7, 11) is 0. The maximum atomic E-state index is 12.0. The summed E-state index contributed by atoms with van der Waals surface area (Å²) in [6.45, 7) is 1.26. The van der Waals surface area contributed by atoms with Crippen LogP contribution in [0.4, 0.5) is 0 Å². The molecule has 0 saturated carbocycles. The quantitative estimate of drug-likeness (QED) is 0.846. The molecule has 1 aliphatic rings. The maximum Gasteiger partial charge on any atom is 0.336 e. The second-order valence-electron chi connectivity index (χ2n) is 4.21. The van der Waals surface area contributed by atoms with Crippen molar-refractivity contribution < 1.29 is 19.4 Å². The van der Waals surface area contributed by atoms with Crippen LogP contribution in [0.2, 0.25) is 0 Å². The van der Waals surface area contributed by atoms with Crippen molar-refractivity contribution >= 4 is 11.9 Å². The number of hydrogen-bond donors (Lipinski definition) is 2. The van der Waals surface area contributed by atoms with Gasteiger partial charge in [0, 0.05) is 19.3 Å². The summed E-state index contributed by atoms with van der Waals surface area (Å²) >= 11 is 0. The van der Waals surface area contributed by atoms with E-state index in [0.717, 1.165) is 12.8 Å². The monoisotopic (exact) mass is 249 g/mol. The van der Waals surface area contributed by atoms with E-state index in [1.54, 1.807) is 12.1 Å². The molecule has 1 amide bonds. The minimum atomic E-state index is -1.09. The van der Waals surface area contributed by atoms with E-state index >= 15 is 0 Å². The van der Waals surface area contributed by atoms with Crippen molar-refractivity contribution in [3.63, 3.8) is 0 Å². The van der Waals surface area contributed by atoms with Gasteiger partial charge in [-0.1, -0.05) is 12.1 Å². The Morgan fingerprint density at radius 3 is 2.39 bits per heavy atom. The number of aromatic carboxylic acids is 1. The van der Waals surface area contributed by atoms with Crippen LogP contribution in [0, 0.1) is 0 Å². The van der Waals surface area contributed by atoms with E-state index < -0.39 is 5.97 Å². The van der Waals surface area contributed by atoms with Crippen LogP contribution in [0.1, 0.15) is 33.6 Å². The molecule has 5 heteroatoms. The number of rotatable bonds is 3. The highest BCUT2D eigenvalue weighted by molar-refractivity contribution is 6.04. The highest BCUT2D eigenvalue weighted by Crippen LogP contribution is 2.11. The fraction of sp³-hybridized carbons (Fsp3) is 0.385. The normalized spacial score (nSPS) is 16.2. The molecule has 0 aliphatic carbocycles. The molecule has 5 nitrogen and oxygen atoms in total. The summed E-state index contributed by atoms with van der Waals surface area (Å²) in [6.07, 6.45) is 1.53. The standard InChI is InChI=1S/C13H15NO4/c15-12(14-9-5-7-18-8-6-9)10-3-1-2-4-11(10)13(16)17/h1-4,9H,5-8H2,(H,14,15)(H,16,17). The van der Waals surface area contributed by atoms with Crippen LogP contribution >= 0.6 is 0 Å². The van der Waals surface area contributed by atoms with Gasteiger partial charge in [-0.05, 0) is 25.0 Å². The number of carbonyl (C=O) groups is 2. The fourth-order valence-electron chi connectivity index (χ4n) is 1.97. The van der Waals surface area contributed by atoms with Gasteiger partial charge in [-0.3, -0.25) is 4.79 Å². The SMILES string of the molecule is O=C(O)c1ccccc1C(=O)NC1CCOCC1. The average Bonchev–Trinajstić information content (AvgIpc) is 2.40. The minimum absolute atomic E-state index is 0.0297. The molecule has 0 aromatic heterocycles. The van der Waals surface area contributed by atoms with Crippen LogP contribution in [-0.2, 0) is 4.74 Å². The summed E-state index contributed by atoms with van der Waals surface area (Å²) in [6, 6.07) is 6.28. The maximum absolute atomic E-state index is 12.0. The zero-order valence-corrected chi connectivity index (χ0v) is 9.89. The largest absolute Gasteiger partial charge is 0.478 e. The van der Waals surface area contributed by atoms with E-state index in [0.29, 0.717) is 13.2 Å². The van der Waals surface area contributed by atoms with E-state index in [1.165, 1.54) is 12.1 Å². The Balaban J connectivity index is 2.10. The minimum Gasteiger partial charge on any atom is -0.478 e. The van der Waals surface area contributed by atoms with Gasteiger partial charge in [0.1, 0.15) is 0 Å². The Kier molecular flexibility index (Phi) is 3.94. The highest BCUT2D eigenvalue weighted by Gasteiger charge is 2.20. The molecule has 2 rings (SSSR count). The fourth-order valence-corrected chi connectivity index (χ4v) is 1.97. The third-order valence-corrected chi connectivity index (χ3v) is 2.96.